The first-order valence-corrected chi connectivity index (χ1v) is 4.89. The molecule has 1 aromatic rings. The van der Waals surface area contributed by atoms with Crippen LogP contribution in [-0.4, -0.2) is 19.0 Å². The van der Waals surface area contributed by atoms with Crippen LogP contribution in [0.25, 0.3) is 0 Å². The number of para-hydroxylation sites is 1. The van der Waals surface area contributed by atoms with Crippen LogP contribution in [-0.2, 0) is 0 Å². The van der Waals surface area contributed by atoms with E-state index >= 15 is 0 Å². The maximum absolute atomic E-state index is 11.5. The molecular formula is C9H9BrN2O. The lowest BCUT2D eigenvalue weighted by atomic mass is 10.1. The van der Waals surface area contributed by atoms with Gasteiger partial charge in [0.25, 0.3) is 5.91 Å². The molecule has 0 saturated heterocycles. The standard InChI is InChI=1S/C9H9BrN2O/c10-7-3-1-2-6-8(7)11-4-5-12-9(6)13/h1-3,11H,4-5H2,(H,12,13). The number of anilines is 1. The number of hydrogen-bond donors (Lipinski definition) is 2. The molecule has 0 saturated carbocycles. The van der Waals surface area contributed by atoms with Gasteiger partial charge < -0.3 is 10.6 Å². The average molecular weight is 241 g/mol. The van der Waals surface area contributed by atoms with E-state index in [0.29, 0.717) is 12.1 Å². The molecule has 68 valence electrons. The molecule has 1 heterocycles. The number of fused-ring (bicyclic) bond motifs is 1. The molecule has 0 atom stereocenters. The van der Waals surface area contributed by atoms with E-state index in [-0.39, 0.29) is 5.91 Å². The largest absolute Gasteiger partial charge is 0.382 e. The van der Waals surface area contributed by atoms with Crippen molar-refractivity contribution in [1.82, 2.24) is 5.32 Å². The molecule has 1 aliphatic rings. The molecule has 2 rings (SSSR count). The van der Waals surface area contributed by atoms with Gasteiger partial charge in [-0.15, -0.1) is 0 Å². The summed E-state index contributed by atoms with van der Waals surface area (Å²) in [5.41, 5.74) is 1.59. The van der Waals surface area contributed by atoms with Gasteiger partial charge in [0.05, 0.1) is 11.3 Å². The molecule has 3 nitrogen and oxygen atoms in total. The van der Waals surface area contributed by atoms with Crippen molar-refractivity contribution in [3.05, 3.63) is 28.2 Å². The number of halogens is 1. The second-order valence-corrected chi connectivity index (χ2v) is 3.70. The van der Waals surface area contributed by atoms with Gasteiger partial charge in [0, 0.05) is 17.6 Å². The van der Waals surface area contributed by atoms with E-state index in [1.165, 1.54) is 0 Å². The number of carbonyl (C=O) groups is 1. The zero-order valence-corrected chi connectivity index (χ0v) is 8.52. The van der Waals surface area contributed by atoms with Gasteiger partial charge in [-0.25, -0.2) is 0 Å². The minimum atomic E-state index is -0.0127. The van der Waals surface area contributed by atoms with E-state index in [1.807, 2.05) is 18.2 Å². The lowest BCUT2D eigenvalue weighted by Crippen LogP contribution is -2.24. The third-order valence-corrected chi connectivity index (χ3v) is 2.63. The fraction of sp³-hybridized carbons (Fsp3) is 0.222. The minimum Gasteiger partial charge on any atom is -0.382 e. The van der Waals surface area contributed by atoms with Crippen LogP contribution in [0.5, 0.6) is 0 Å². The lowest BCUT2D eigenvalue weighted by Gasteiger charge is -2.07. The smallest absolute Gasteiger partial charge is 0.253 e. The van der Waals surface area contributed by atoms with E-state index in [4.69, 9.17) is 0 Å². The van der Waals surface area contributed by atoms with E-state index in [0.717, 1.165) is 16.7 Å². The zero-order valence-electron chi connectivity index (χ0n) is 6.93. The maximum Gasteiger partial charge on any atom is 0.253 e. The molecule has 0 aromatic heterocycles. The van der Waals surface area contributed by atoms with Crippen LogP contribution >= 0.6 is 15.9 Å². The number of rotatable bonds is 0. The lowest BCUT2D eigenvalue weighted by molar-refractivity contribution is 0.0958. The summed E-state index contributed by atoms with van der Waals surface area (Å²) in [5, 5.41) is 6.00. The third kappa shape index (κ3) is 1.54. The number of hydrogen-bond acceptors (Lipinski definition) is 2. The van der Waals surface area contributed by atoms with Gasteiger partial charge >= 0.3 is 0 Å². The average Bonchev–Trinajstić information content (AvgIpc) is 2.30. The molecule has 0 fully saturated rings. The summed E-state index contributed by atoms with van der Waals surface area (Å²) >= 11 is 3.40. The summed E-state index contributed by atoms with van der Waals surface area (Å²) in [7, 11) is 0. The second kappa shape index (κ2) is 3.38. The van der Waals surface area contributed by atoms with Gasteiger partial charge in [0.15, 0.2) is 0 Å². The van der Waals surface area contributed by atoms with Gasteiger partial charge in [-0.3, -0.25) is 4.79 Å². The van der Waals surface area contributed by atoms with Crippen molar-refractivity contribution in [3.63, 3.8) is 0 Å². The van der Waals surface area contributed by atoms with E-state index in [2.05, 4.69) is 26.6 Å². The quantitative estimate of drug-likeness (QED) is 0.724. The Balaban J connectivity index is 2.54. The number of carbonyl (C=O) groups excluding carboxylic acids is 1. The van der Waals surface area contributed by atoms with Gasteiger partial charge in [0.1, 0.15) is 0 Å². The fourth-order valence-corrected chi connectivity index (χ4v) is 1.86. The summed E-state index contributed by atoms with van der Waals surface area (Å²) in [4.78, 5) is 11.5. The molecule has 1 aromatic carbocycles. The van der Waals surface area contributed by atoms with Crippen LogP contribution in [0, 0.1) is 0 Å². The Hall–Kier alpha value is -1.03. The molecule has 0 unspecified atom stereocenters. The Morgan fingerprint density at radius 1 is 1.23 bits per heavy atom. The van der Waals surface area contributed by atoms with Crippen LogP contribution < -0.4 is 10.6 Å². The first-order valence-electron chi connectivity index (χ1n) is 4.09. The summed E-state index contributed by atoms with van der Waals surface area (Å²) in [6.45, 7) is 1.43. The van der Waals surface area contributed by atoms with Gasteiger partial charge in [-0.1, -0.05) is 6.07 Å². The molecule has 1 amide bonds. The van der Waals surface area contributed by atoms with E-state index < -0.39 is 0 Å². The van der Waals surface area contributed by atoms with Crippen molar-refractivity contribution in [3.8, 4) is 0 Å². The topological polar surface area (TPSA) is 41.1 Å². The summed E-state index contributed by atoms with van der Waals surface area (Å²) in [5.74, 6) is -0.0127. The Kier molecular flexibility index (Phi) is 2.22. The monoisotopic (exact) mass is 240 g/mol. The molecule has 0 bridgehead atoms. The van der Waals surface area contributed by atoms with Crippen molar-refractivity contribution in [2.75, 3.05) is 18.4 Å². The van der Waals surface area contributed by atoms with Gasteiger partial charge in [-0.2, -0.15) is 0 Å². The third-order valence-electron chi connectivity index (χ3n) is 1.97. The highest BCUT2D eigenvalue weighted by atomic mass is 79.9. The Bertz CT molecular complexity index is 351. The van der Waals surface area contributed by atoms with Crippen LogP contribution in [0.4, 0.5) is 5.69 Å². The van der Waals surface area contributed by atoms with Crippen LogP contribution in [0.3, 0.4) is 0 Å². The Morgan fingerprint density at radius 3 is 2.85 bits per heavy atom. The molecule has 4 heteroatoms. The zero-order chi connectivity index (χ0) is 9.26. The van der Waals surface area contributed by atoms with E-state index in [1.54, 1.807) is 0 Å². The van der Waals surface area contributed by atoms with Crippen molar-refractivity contribution < 1.29 is 4.79 Å². The Morgan fingerprint density at radius 2 is 2.00 bits per heavy atom. The molecule has 0 aliphatic carbocycles. The molecule has 0 radical (unpaired) electrons. The number of nitrogens with one attached hydrogen (secondary N) is 2. The van der Waals surface area contributed by atoms with Crippen molar-refractivity contribution in [2.45, 2.75) is 0 Å². The number of benzene rings is 1. The normalized spacial score (nSPS) is 15.3. The fourth-order valence-electron chi connectivity index (χ4n) is 1.35. The predicted molar refractivity (Wildman–Crippen MR) is 55.0 cm³/mol. The SMILES string of the molecule is O=C1NCCNc2c(Br)cccc21. The van der Waals surface area contributed by atoms with Gasteiger partial charge in [0.2, 0.25) is 0 Å². The highest BCUT2D eigenvalue weighted by Gasteiger charge is 2.15. The minimum absolute atomic E-state index is 0.0127. The predicted octanol–water partition coefficient (Wildman–Crippen LogP) is 1.60. The molecule has 0 spiro atoms. The first kappa shape index (κ1) is 8.56. The summed E-state index contributed by atoms with van der Waals surface area (Å²) < 4.78 is 0.932. The number of amides is 1. The van der Waals surface area contributed by atoms with Crippen LogP contribution in [0.15, 0.2) is 22.7 Å². The van der Waals surface area contributed by atoms with Crippen molar-refractivity contribution >= 4 is 27.5 Å². The molecular weight excluding hydrogens is 232 g/mol. The van der Waals surface area contributed by atoms with Crippen LogP contribution in [0.1, 0.15) is 10.4 Å². The second-order valence-electron chi connectivity index (χ2n) is 2.85. The first-order chi connectivity index (χ1) is 6.29. The highest BCUT2D eigenvalue weighted by Crippen LogP contribution is 2.26. The molecule has 2 N–H and O–H groups in total. The highest BCUT2D eigenvalue weighted by molar-refractivity contribution is 9.10. The van der Waals surface area contributed by atoms with E-state index in [9.17, 15) is 4.79 Å². The van der Waals surface area contributed by atoms with Crippen molar-refractivity contribution in [2.24, 2.45) is 0 Å². The van der Waals surface area contributed by atoms with Crippen molar-refractivity contribution in [1.29, 1.82) is 0 Å². The van der Waals surface area contributed by atoms with Crippen LogP contribution in [0.2, 0.25) is 0 Å². The van der Waals surface area contributed by atoms with Gasteiger partial charge in [-0.05, 0) is 28.1 Å². The molecule has 1 aliphatic heterocycles. The summed E-state index contributed by atoms with van der Waals surface area (Å²) in [6.07, 6.45) is 0. The Labute approximate surface area is 84.6 Å². The molecule has 13 heavy (non-hydrogen) atoms. The maximum atomic E-state index is 11.5. The summed E-state index contributed by atoms with van der Waals surface area (Å²) in [6, 6.07) is 5.59.